The van der Waals surface area contributed by atoms with Crippen molar-refractivity contribution in [2.75, 3.05) is 19.5 Å². The molecule has 3 aromatic carbocycles. The zero-order chi connectivity index (χ0) is 23.8. The minimum Gasteiger partial charge on any atom is -0.497 e. The molecule has 2 N–H and O–H groups in total. The van der Waals surface area contributed by atoms with Crippen molar-refractivity contribution in [3.63, 3.8) is 0 Å². The molecule has 0 bridgehead atoms. The number of nitrogens with zero attached hydrogens (tertiary/aromatic N) is 1. The molecule has 0 fully saturated rings. The van der Waals surface area contributed by atoms with Gasteiger partial charge in [0.25, 0.3) is 0 Å². The Morgan fingerprint density at radius 2 is 1.73 bits per heavy atom. The number of hydrogen-bond donors (Lipinski definition) is 2. The van der Waals surface area contributed by atoms with Gasteiger partial charge in [0.15, 0.2) is 16.6 Å². The van der Waals surface area contributed by atoms with Crippen LogP contribution in [0.3, 0.4) is 0 Å². The third-order valence-electron chi connectivity index (χ3n) is 4.27. The number of hydrogen-bond acceptors (Lipinski definition) is 6. The number of hydrazone groups is 1. The number of esters is 1. The zero-order valence-electron chi connectivity index (χ0n) is 17.6. The van der Waals surface area contributed by atoms with E-state index in [1.807, 2.05) is 24.3 Å². The average Bonchev–Trinajstić information content (AvgIpc) is 2.80. The molecule has 0 saturated heterocycles. The van der Waals surface area contributed by atoms with Gasteiger partial charge in [-0.1, -0.05) is 23.2 Å². The summed E-state index contributed by atoms with van der Waals surface area (Å²) in [5.41, 5.74) is 4.40. The van der Waals surface area contributed by atoms with Gasteiger partial charge >= 0.3 is 5.97 Å². The van der Waals surface area contributed by atoms with E-state index in [4.69, 9.17) is 49.6 Å². The van der Waals surface area contributed by atoms with Crippen LogP contribution in [0.4, 0.5) is 5.69 Å². The lowest BCUT2D eigenvalue weighted by Crippen LogP contribution is -2.23. The molecule has 33 heavy (non-hydrogen) atoms. The molecule has 0 amide bonds. The van der Waals surface area contributed by atoms with Crippen LogP contribution in [0.1, 0.15) is 15.9 Å². The van der Waals surface area contributed by atoms with Gasteiger partial charge in [-0.25, -0.2) is 4.79 Å². The lowest BCUT2D eigenvalue weighted by Gasteiger charge is -2.11. The molecule has 0 aliphatic carbocycles. The number of rotatable bonds is 7. The fourth-order valence-corrected chi connectivity index (χ4v) is 3.31. The molecule has 7 nitrogen and oxygen atoms in total. The topological polar surface area (TPSA) is 81.2 Å². The van der Waals surface area contributed by atoms with Gasteiger partial charge in [-0.15, -0.1) is 0 Å². The predicted molar refractivity (Wildman–Crippen MR) is 134 cm³/mol. The third kappa shape index (κ3) is 6.82. The second-order valence-electron chi connectivity index (χ2n) is 6.48. The molecule has 0 aromatic heterocycles. The molecule has 0 heterocycles. The maximum absolute atomic E-state index is 12.5. The Kier molecular flexibility index (Phi) is 8.48. The van der Waals surface area contributed by atoms with E-state index in [0.29, 0.717) is 21.4 Å². The van der Waals surface area contributed by atoms with Gasteiger partial charge in [0, 0.05) is 10.7 Å². The second-order valence-corrected chi connectivity index (χ2v) is 7.73. The van der Waals surface area contributed by atoms with Gasteiger partial charge in [0.2, 0.25) is 0 Å². The van der Waals surface area contributed by atoms with E-state index in [2.05, 4.69) is 15.8 Å². The van der Waals surface area contributed by atoms with E-state index in [0.717, 1.165) is 11.4 Å². The average molecular weight is 504 g/mol. The normalized spacial score (nSPS) is 10.5. The van der Waals surface area contributed by atoms with E-state index in [1.54, 1.807) is 37.6 Å². The van der Waals surface area contributed by atoms with Crippen LogP contribution in [0, 0.1) is 0 Å². The Labute approximate surface area is 206 Å². The van der Waals surface area contributed by atoms with Crippen molar-refractivity contribution in [1.82, 2.24) is 5.43 Å². The summed E-state index contributed by atoms with van der Waals surface area (Å²) in [6.07, 6.45) is 1.55. The van der Waals surface area contributed by atoms with E-state index in [-0.39, 0.29) is 16.3 Å². The predicted octanol–water partition coefficient (Wildman–Crippen LogP) is 5.55. The lowest BCUT2D eigenvalue weighted by molar-refractivity contribution is 0.0730. The number of benzene rings is 3. The van der Waals surface area contributed by atoms with E-state index in [9.17, 15) is 4.79 Å². The number of carbonyl (C=O) groups excluding carboxylic acids is 1. The first-order valence-electron chi connectivity index (χ1n) is 9.49. The van der Waals surface area contributed by atoms with Crippen LogP contribution in [0.15, 0.2) is 65.8 Å². The minimum atomic E-state index is -0.631. The van der Waals surface area contributed by atoms with Crippen LogP contribution in [0.5, 0.6) is 17.2 Å². The molecule has 0 radical (unpaired) electrons. The molecule has 0 unspecified atom stereocenters. The highest BCUT2D eigenvalue weighted by atomic mass is 35.5. The molecule has 3 aromatic rings. The second kappa shape index (κ2) is 11.5. The van der Waals surface area contributed by atoms with Gasteiger partial charge in [-0.3, -0.25) is 5.43 Å². The summed E-state index contributed by atoms with van der Waals surface area (Å²) in [7, 11) is 3.07. The number of thiocarbonyl (C=S) groups is 1. The lowest BCUT2D eigenvalue weighted by atomic mass is 10.2. The van der Waals surface area contributed by atoms with Crippen molar-refractivity contribution in [3.05, 3.63) is 81.8 Å². The Balaban J connectivity index is 1.61. The molecule has 0 atom stereocenters. The van der Waals surface area contributed by atoms with Crippen LogP contribution in [-0.4, -0.2) is 31.5 Å². The number of halogens is 2. The number of nitrogens with one attached hydrogen (secondary N) is 2. The van der Waals surface area contributed by atoms with Gasteiger partial charge in [-0.05, 0) is 78.4 Å². The SMILES string of the molecule is COc1ccc(NC(=S)N/N=C\c2ccc(OC(=O)c3ccc(Cl)cc3Cl)c(OC)c2)cc1. The Hall–Kier alpha value is -3.33. The summed E-state index contributed by atoms with van der Waals surface area (Å²) in [5.74, 6) is 0.691. The number of methoxy groups -OCH3 is 2. The van der Waals surface area contributed by atoms with Gasteiger partial charge in [0.1, 0.15) is 5.75 Å². The maximum atomic E-state index is 12.5. The largest absolute Gasteiger partial charge is 0.497 e. The number of ether oxygens (including phenoxy) is 3. The molecule has 170 valence electrons. The van der Waals surface area contributed by atoms with Crippen LogP contribution < -0.4 is 25.0 Å². The smallest absolute Gasteiger partial charge is 0.345 e. The van der Waals surface area contributed by atoms with Gasteiger partial charge < -0.3 is 19.5 Å². The first kappa shape index (κ1) is 24.3. The highest BCUT2D eigenvalue weighted by Gasteiger charge is 2.16. The molecule has 0 saturated carbocycles. The molecule has 0 aliphatic rings. The number of carbonyl (C=O) groups is 1. The monoisotopic (exact) mass is 503 g/mol. The summed E-state index contributed by atoms with van der Waals surface area (Å²) < 4.78 is 15.9. The van der Waals surface area contributed by atoms with Crippen molar-refractivity contribution in [3.8, 4) is 17.2 Å². The number of anilines is 1. The Bertz CT molecular complexity index is 1190. The summed E-state index contributed by atoms with van der Waals surface area (Å²) in [6.45, 7) is 0. The molecule has 3 rings (SSSR count). The van der Waals surface area contributed by atoms with Crippen LogP contribution in [-0.2, 0) is 0 Å². The summed E-state index contributed by atoms with van der Waals surface area (Å²) >= 11 is 17.2. The van der Waals surface area contributed by atoms with Crippen molar-refractivity contribution < 1.29 is 19.0 Å². The van der Waals surface area contributed by atoms with Crippen LogP contribution in [0.25, 0.3) is 0 Å². The fourth-order valence-electron chi connectivity index (χ4n) is 2.66. The minimum absolute atomic E-state index is 0.191. The first-order chi connectivity index (χ1) is 15.9. The Morgan fingerprint density at radius 3 is 2.39 bits per heavy atom. The fraction of sp³-hybridized carbons (Fsp3) is 0.0870. The first-order valence-corrected chi connectivity index (χ1v) is 10.7. The zero-order valence-corrected chi connectivity index (χ0v) is 19.9. The molecular formula is C23H19Cl2N3O4S. The third-order valence-corrected chi connectivity index (χ3v) is 5.01. The summed E-state index contributed by atoms with van der Waals surface area (Å²) in [4.78, 5) is 12.5. The molecule has 0 aliphatic heterocycles. The van der Waals surface area contributed by atoms with Crippen LogP contribution in [0.2, 0.25) is 10.0 Å². The summed E-state index contributed by atoms with van der Waals surface area (Å²) in [5, 5.41) is 8.04. The summed E-state index contributed by atoms with van der Waals surface area (Å²) in [6, 6.07) is 16.8. The van der Waals surface area contributed by atoms with E-state index < -0.39 is 5.97 Å². The molecular weight excluding hydrogens is 485 g/mol. The quantitative estimate of drug-likeness (QED) is 0.144. The Morgan fingerprint density at radius 1 is 0.970 bits per heavy atom. The standard InChI is InChI=1S/C23H19Cl2N3O4S/c1-30-17-7-5-16(6-8-17)27-23(33)28-26-13-14-3-10-20(21(11-14)31-2)32-22(29)18-9-4-15(24)12-19(18)25/h3-13H,1-2H3,(H2,27,28,33)/b26-13-. The van der Waals surface area contributed by atoms with Crippen molar-refractivity contribution in [1.29, 1.82) is 0 Å². The van der Waals surface area contributed by atoms with E-state index >= 15 is 0 Å². The van der Waals surface area contributed by atoms with E-state index in [1.165, 1.54) is 19.2 Å². The van der Waals surface area contributed by atoms with Crippen molar-refractivity contribution >= 4 is 58.4 Å². The van der Waals surface area contributed by atoms with Crippen molar-refractivity contribution in [2.24, 2.45) is 5.10 Å². The van der Waals surface area contributed by atoms with Gasteiger partial charge in [-0.2, -0.15) is 5.10 Å². The molecule has 10 heteroatoms. The highest BCUT2D eigenvalue weighted by Crippen LogP contribution is 2.30. The maximum Gasteiger partial charge on any atom is 0.345 e. The highest BCUT2D eigenvalue weighted by molar-refractivity contribution is 7.80. The van der Waals surface area contributed by atoms with Crippen molar-refractivity contribution in [2.45, 2.75) is 0 Å². The van der Waals surface area contributed by atoms with Crippen LogP contribution >= 0.6 is 35.4 Å². The van der Waals surface area contributed by atoms with Gasteiger partial charge in [0.05, 0.1) is 31.0 Å². The molecule has 0 spiro atoms.